The molecule has 1 rings (SSSR count). The van der Waals surface area contributed by atoms with Crippen molar-refractivity contribution in [3.8, 4) is 0 Å². The van der Waals surface area contributed by atoms with E-state index in [-0.39, 0.29) is 6.61 Å². The minimum atomic E-state index is 0.268. The molecule has 0 bridgehead atoms. The Morgan fingerprint density at radius 2 is 1.75 bits per heavy atom. The summed E-state index contributed by atoms with van der Waals surface area (Å²) in [5, 5.41) is 20.8. The van der Waals surface area contributed by atoms with E-state index in [1.54, 1.807) is 0 Å². The molecule has 96 valence electrons. The molecule has 3 N–H and O–H groups in total. The molecule has 4 nitrogen and oxygen atoms in total. The van der Waals surface area contributed by atoms with Crippen LogP contribution in [0.5, 0.6) is 0 Å². The second-order valence-electron chi connectivity index (χ2n) is 4.53. The second kappa shape index (κ2) is 8.93. The van der Waals surface area contributed by atoms with Gasteiger partial charge in [-0.1, -0.05) is 6.42 Å². The van der Waals surface area contributed by atoms with Gasteiger partial charge in [-0.2, -0.15) is 0 Å². The van der Waals surface area contributed by atoms with Crippen molar-refractivity contribution in [3.63, 3.8) is 0 Å². The highest BCUT2D eigenvalue weighted by atomic mass is 16.3. The Hall–Kier alpha value is -0.160. The van der Waals surface area contributed by atoms with Gasteiger partial charge in [0, 0.05) is 38.9 Å². The smallest absolute Gasteiger partial charge is 0.0443 e. The van der Waals surface area contributed by atoms with Crippen LogP contribution in [0.2, 0.25) is 0 Å². The van der Waals surface area contributed by atoms with Gasteiger partial charge in [0.1, 0.15) is 0 Å². The Morgan fingerprint density at radius 1 is 1.00 bits per heavy atom. The molecule has 4 heteroatoms. The summed E-state index contributed by atoms with van der Waals surface area (Å²) < 4.78 is 0. The van der Waals surface area contributed by atoms with Crippen LogP contribution in [0, 0.1) is 0 Å². The van der Waals surface area contributed by atoms with Gasteiger partial charge in [-0.3, -0.25) is 4.90 Å². The van der Waals surface area contributed by atoms with Crippen LogP contribution in [-0.2, 0) is 0 Å². The largest absolute Gasteiger partial charge is 0.396 e. The third-order valence-electron chi connectivity index (χ3n) is 3.28. The molecular weight excluding hydrogens is 204 g/mol. The summed E-state index contributed by atoms with van der Waals surface area (Å²) in [6.45, 7) is 4.53. The third-order valence-corrected chi connectivity index (χ3v) is 3.28. The third kappa shape index (κ3) is 5.25. The van der Waals surface area contributed by atoms with E-state index in [2.05, 4.69) is 10.2 Å². The Bertz CT molecular complexity index is 163. The molecule has 0 atom stereocenters. The summed E-state index contributed by atoms with van der Waals surface area (Å²) in [4.78, 5) is 2.49. The van der Waals surface area contributed by atoms with Gasteiger partial charge >= 0.3 is 0 Å². The van der Waals surface area contributed by atoms with Crippen molar-refractivity contribution >= 4 is 0 Å². The highest BCUT2D eigenvalue weighted by Gasteiger charge is 2.23. The number of nitrogens with one attached hydrogen (secondary N) is 1. The van der Waals surface area contributed by atoms with E-state index in [9.17, 15) is 0 Å². The highest BCUT2D eigenvalue weighted by Crippen LogP contribution is 2.24. The average Bonchev–Trinajstić information content (AvgIpc) is 2.22. The molecule has 1 saturated carbocycles. The number of hydrogen-bond donors (Lipinski definition) is 3. The van der Waals surface area contributed by atoms with E-state index >= 15 is 0 Å². The summed E-state index contributed by atoms with van der Waals surface area (Å²) in [7, 11) is 0. The minimum Gasteiger partial charge on any atom is -0.396 e. The number of nitrogens with zero attached hydrogens (tertiary/aromatic N) is 1. The van der Waals surface area contributed by atoms with Crippen LogP contribution in [0.1, 0.15) is 32.1 Å². The van der Waals surface area contributed by atoms with Crippen molar-refractivity contribution in [1.29, 1.82) is 0 Å². The summed E-state index contributed by atoms with van der Waals surface area (Å²) in [5.41, 5.74) is 0. The molecular formula is C12H26N2O2. The maximum atomic E-state index is 8.86. The molecule has 1 aliphatic rings. The molecule has 0 aliphatic heterocycles. The molecule has 16 heavy (non-hydrogen) atoms. The van der Waals surface area contributed by atoms with Crippen LogP contribution in [-0.4, -0.2) is 60.5 Å². The number of aliphatic hydroxyl groups is 2. The fourth-order valence-corrected chi connectivity index (χ4v) is 2.05. The fraction of sp³-hybridized carbons (Fsp3) is 1.00. The lowest BCUT2D eigenvalue weighted by atomic mass is 9.91. The first-order valence-corrected chi connectivity index (χ1v) is 6.55. The van der Waals surface area contributed by atoms with Crippen LogP contribution >= 0.6 is 0 Å². The van der Waals surface area contributed by atoms with Gasteiger partial charge in [0.15, 0.2) is 0 Å². The van der Waals surface area contributed by atoms with Gasteiger partial charge in [-0.05, 0) is 32.2 Å². The molecule has 0 aromatic rings. The predicted octanol–water partition coefficient (Wildman–Crippen LogP) is 0.195. The van der Waals surface area contributed by atoms with E-state index in [1.165, 1.54) is 19.3 Å². The van der Waals surface area contributed by atoms with E-state index < -0.39 is 0 Å². The molecule has 0 heterocycles. The molecule has 0 aromatic carbocycles. The Labute approximate surface area is 98.6 Å². The van der Waals surface area contributed by atoms with Crippen molar-refractivity contribution in [2.45, 2.75) is 38.1 Å². The molecule has 1 fully saturated rings. The first-order valence-electron chi connectivity index (χ1n) is 6.55. The van der Waals surface area contributed by atoms with Crippen LogP contribution in [0.4, 0.5) is 0 Å². The van der Waals surface area contributed by atoms with Crippen molar-refractivity contribution in [2.24, 2.45) is 0 Å². The lowest BCUT2D eigenvalue weighted by molar-refractivity contribution is 0.117. The van der Waals surface area contributed by atoms with Crippen LogP contribution in [0.3, 0.4) is 0 Å². The monoisotopic (exact) mass is 230 g/mol. The van der Waals surface area contributed by atoms with Crippen LogP contribution < -0.4 is 5.32 Å². The zero-order valence-electron chi connectivity index (χ0n) is 10.2. The molecule has 0 aromatic heterocycles. The van der Waals surface area contributed by atoms with Crippen LogP contribution in [0.15, 0.2) is 0 Å². The minimum absolute atomic E-state index is 0.268. The summed E-state index contributed by atoms with van der Waals surface area (Å²) in [5.74, 6) is 0. The van der Waals surface area contributed by atoms with E-state index in [0.717, 1.165) is 45.1 Å². The van der Waals surface area contributed by atoms with E-state index in [4.69, 9.17) is 10.2 Å². The van der Waals surface area contributed by atoms with Crippen molar-refractivity contribution in [3.05, 3.63) is 0 Å². The highest BCUT2D eigenvalue weighted by molar-refractivity contribution is 4.80. The first-order chi connectivity index (χ1) is 7.88. The molecule has 0 amide bonds. The maximum absolute atomic E-state index is 8.86. The van der Waals surface area contributed by atoms with Crippen LogP contribution in [0.25, 0.3) is 0 Å². The van der Waals surface area contributed by atoms with Gasteiger partial charge in [0.2, 0.25) is 0 Å². The average molecular weight is 230 g/mol. The number of rotatable bonds is 10. The summed E-state index contributed by atoms with van der Waals surface area (Å²) in [6.07, 6.45) is 5.72. The Kier molecular flexibility index (Phi) is 7.76. The second-order valence-corrected chi connectivity index (χ2v) is 4.53. The SMILES string of the molecule is OCCCNCCN(CCCO)C1CCC1. The molecule has 0 saturated heterocycles. The first kappa shape index (κ1) is 13.9. The molecule has 0 unspecified atom stereocenters. The van der Waals surface area contributed by atoms with E-state index in [0.29, 0.717) is 6.61 Å². The van der Waals surface area contributed by atoms with E-state index in [1.807, 2.05) is 0 Å². The lowest BCUT2D eigenvalue weighted by Crippen LogP contribution is -2.44. The fourth-order valence-electron chi connectivity index (χ4n) is 2.05. The zero-order valence-corrected chi connectivity index (χ0v) is 10.2. The van der Waals surface area contributed by atoms with Gasteiger partial charge in [-0.25, -0.2) is 0 Å². The van der Waals surface area contributed by atoms with Gasteiger partial charge in [0.25, 0.3) is 0 Å². The zero-order chi connectivity index (χ0) is 11.6. The lowest BCUT2D eigenvalue weighted by Gasteiger charge is -2.37. The van der Waals surface area contributed by atoms with Crippen molar-refractivity contribution < 1.29 is 10.2 Å². The molecule has 0 radical (unpaired) electrons. The predicted molar refractivity (Wildman–Crippen MR) is 65.5 cm³/mol. The van der Waals surface area contributed by atoms with Gasteiger partial charge in [0.05, 0.1) is 0 Å². The van der Waals surface area contributed by atoms with Gasteiger partial charge in [-0.15, -0.1) is 0 Å². The normalized spacial score (nSPS) is 16.7. The maximum Gasteiger partial charge on any atom is 0.0443 e. The molecule has 0 spiro atoms. The number of aliphatic hydroxyl groups excluding tert-OH is 2. The van der Waals surface area contributed by atoms with Gasteiger partial charge < -0.3 is 15.5 Å². The molecule has 1 aliphatic carbocycles. The Balaban J connectivity index is 2.06. The Morgan fingerprint density at radius 3 is 2.31 bits per heavy atom. The van der Waals surface area contributed by atoms with Crippen molar-refractivity contribution in [2.75, 3.05) is 39.4 Å². The quantitative estimate of drug-likeness (QED) is 0.469. The summed E-state index contributed by atoms with van der Waals surface area (Å²) >= 11 is 0. The van der Waals surface area contributed by atoms with Crippen molar-refractivity contribution in [1.82, 2.24) is 10.2 Å². The topological polar surface area (TPSA) is 55.7 Å². The standard InChI is InChI=1S/C12H26N2O2/c15-10-2-6-13-7-9-14(8-3-11-16)12-4-1-5-12/h12-13,15-16H,1-11H2. The summed E-state index contributed by atoms with van der Waals surface area (Å²) in [6, 6.07) is 0.756. The number of hydrogen-bond acceptors (Lipinski definition) is 4.